The van der Waals surface area contributed by atoms with Gasteiger partial charge in [-0.2, -0.15) is 17.0 Å². The third-order valence-corrected chi connectivity index (χ3v) is 7.87. The summed E-state index contributed by atoms with van der Waals surface area (Å²) in [7, 11) is 1.39. The lowest BCUT2D eigenvalue weighted by Gasteiger charge is -2.41. The molecule has 3 aromatic rings. The average molecular weight is 546 g/mol. The molecule has 1 amide bonds. The third kappa shape index (κ3) is 7.28. The van der Waals surface area contributed by atoms with E-state index < -0.39 is 6.04 Å². The van der Waals surface area contributed by atoms with Crippen molar-refractivity contribution in [3.8, 4) is 6.07 Å². The lowest BCUT2D eigenvalue weighted by molar-refractivity contribution is -0.147. The first-order valence-corrected chi connectivity index (χ1v) is 14.6. The Morgan fingerprint density at radius 2 is 1.85 bits per heavy atom. The molecule has 2 aromatic carbocycles. The number of hydrogen-bond acceptors (Lipinski definition) is 7. The molecule has 0 aliphatic carbocycles. The van der Waals surface area contributed by atoms with E-state index in [2.05, 4.69) is 20.5 Å². The number of esters is 1. The van der Waals surface area contributed by atoms with Crippen LogP contribution in [0.15, 0.2) is 67.1 Å². The summed E-state index contributed by atoms with van der Waals surface area (Å²) >= 11 is 1.66. The standard InChI is InChI=1S/C30H35N5O3S/c1-38-30(37)28(14-17-39-2)35(29(36)25-6-4-3-5-7-25)26-12-15-33(16-13-26)21-27-19-32-22-34(27)20-24-10-8-23(18-31)9-11-24/h3-11,19,22,26,28H,12-17,20-21H2,1-2H3/t28-/m0/s1. The van der Waals surface area contributed by atoms with E-state index in [1.54, 1.807) is 16.7 Å². The maximum atomic E-state index is 13.7. The van der Waals surface area contributed by atoms with E-state index in [0.29, 0.717) is 24.1 Å². The van der Waals surface area contributed by atoms with Gasteiger partial charge in [0.05, 0.1) is 30.8 Å². The second kappa shape index (κ2) is 14.0. The smallest absolute Gasteiger partial charge is 0.328 e. The number of nitriles is 1. The van der Waals surface area contributed by atoms with Gasteiger partial charge < -0.3 is 14.2 Å². The first kappa shape index (κ1) is 28.4. The summed E-state index contributed by atoms with van der Waals surface area (Å²) in [5.74, 6) is 0.286. The second-order valence-corrected chi connectivity index (χ2v) is 10.7. The van der Waals surface area contributed by atoms with Crippen molar-refractivity contribution in [2.45, 2.75) is 44.4 Å². The molecule has 0 bridgehead atoms. The van der Waals surface area contributed by atoms with Crippen LogP contribution in [0.1, 0.15) is 46.4 Å². The van der Waals surface area contributed by atoms with Gasteiger partial charge in [0.1, 0.15) is 6.04 Å². The number of imidazole rings is 1. The van der Waals surface area contributed by atoms with E-state index in [4.69, 9.17) is 10.00 Å². The molecule has 1 aliphatic rings. The van der Waals surface area contributed by atoms with E-state index in [0.717, 1.165) is 49.5 Å². The zero-order valence-electron chi connectivity index (χ0n) is 22.5. The molecule has 9 heteroatoms. The van der Waals surface area contributed by atoms with Gasteiger partial charge in [-0.25, -0.2) is 9.78 Å². The van der Waals surface area contributed by atoms with Gasteiger partial charge in [-0.3, -0.25) is 9.69 Å². The first-order chi connectivity index (χ1) is 19.0. The predicted molar refractivity (Wildman–Crippen MR) is 152 cm³/mol. The number of benzene rings is 2. The van der Waals surface area contributed by atoms with Gasteiger partial charge in [-0.15, -0.1) is 0 Å². The summed E-state index contributed by atoms with van der Waals surface area (Å²) in [5.41, 5.74) is 3.46. The fraction of sp³-hybridized carbons (Fsp3) is 0.400. The highest BCUT2D eigenvalue weighted by atomic mass is 32.2. The molecule has 8 nitrogen and oxygen atoms in total. The third-order valence-electron chi connectivity index (χ3n) is 7.23. The number of piperidine rings is 1. The molecule has 0 spiro atoms. The minimum Gasteiger partial charge on any atom is -0.467 e. The Morgan fingerprint density at radius 1 is 1.13 bits per heavy atom. The highest BCUT2D eigenvalue weighted by Crippen LogP contribution is 2.25. The summed E-state index contributed by atoms with van der Waals surface area (Å²) in [6.07, 6.45) is 7.84. The Balaban J connectivity index is 1.45. The van der Waals surface area contributed by atoms with Crippen LogP contribution in [-0.4, -0.2) is 75.5 Å². The summed E-state index contributed by atoms with van der Waals surface area (Å²) in [5, 5.41) is 9.04. The summed E-state index contributed by atoms with van der Waals surface area (Å²) < 4.78 is 7.29. The van der Waals surface area contributed by atoms with Crippen molar-refractivity contribution in [3.63, 3.8) is 0 Å². The molecular weight excluding hydrogens is 510 g/mol. The number of hydrogen-bond donors (Lipinski definition) is 0. The fourth-order valence-corrected chi connectivity index (χ4v) is 5.57. The van der Waals surface area contributed by atoms with E-state index in [-0.39, 0.29) is 17.9 Å². The molecule has 204 valence electrons. The van der Waals surface area contributed by atoms with Crippen LogP contribution in [0.2, 0.25) is 0 Å². The van der Waals surface area contributed by atoms with Gasteiger partial charge in [0, 0.05) is 44.0 Å². The topological polar surface area (TPSA) is 91.5 Å². The zero-order valence-corrected chi connectivity index (χ0v) is 23.3. The van der Waals surface area contributed by atoms with E-state index in [1.807, 2.05) is 73.4 Å². The van der Waals surface area contributed by atoms with Crippen molar-refractivity contribution < 1.29 is 14.3 Å². The highest BCUT2D eigenvalue weighted by molar-refractivity contribution is 7.98. The van der Waals surface area contributed by atoms with Crippen LogP contribution in [0.4, 0.5) is 0 Å². The Morgan fingerprint density at radius 3 is 2.49 bits per heavy atom. The minimum absolute atomic E-state index is 0.0523. The molecule has 0 saturated carbocycles. The number of carbonyl (C=O) groups excluding carboxylic acids is 2. The summed E-state index contributed by atoms with van der Waals surface area (Å²) in [4.78, 5) is 35.2. The lowest BCUT2D eigenvalue weighted by Crippen LogP contribution is -2.54. The van der Waals surface area contributed by atoms with Gasteiger partial charge in [0.15, 0.2) is 0 Å². The van der Waals surface area contributed by atoms with Crippen molar-refractivity contribution in [3.05, 3.63) is 89.5 Å². The average Bonchev–Trinajstić information content (AvgIpc) is 3.42. The predicted octanol–water partition coefficient (Wildman–Crippen LogP) is 4.20. The Hall–Kier alpha value is -3.61. The molecule has 4 rings (SSSR count). The lowest BCUT2D eigenvalue weighted by atomic mass is 9.98. The second-order valence-electron chi connectivity index (χ2n) is 9.73. The van der Waals surface area contributed by atoms with Crippen LogP contribution in [0.3, 0.4) is 0 Å². The number of ether oxygens (including phenoxy) is 1. The van der Waals surface area contributed by atoms with E-state index >= 15 is 0 Å². The number of thioether (sulfide) groups is 1. The molecule has 1 atom stereocenters. The SMILES string of the molecule is COC(=O)[C@H](CCSC)N(C(=O)c1ccccc1)C1CCN(Cc2cncn2Cc2ccc(C#N)cc2)CC1. The molecule has 0 unspecified atom stereocenters. The van der Waals surface area contributed by atoms with Gasteiger partial charge in [0.2, 0.25) is 0 Å². The molecule has 1 aliphatic heterocycles. The van der Waals surface area contributed by atoms with Crippen LogP contribution < -0.4 is 0 Å². The number of carbonyl (C=O) groups is 2. The van der Waals surface area contributed by atoms with E-state index in [1.165, 1.54) is 7.11 Å². The largest absolute Gasteiger partial charge is 0.467 e. The zero-order chi connectivity index (χ0) is 27.6. The molecule has 2 heterocycles. The molecule has 39 heavy (non-hydrogen) atoms. The Bertz CT molecular complexity index is 1260. The Kier molecular flexibility index (Phi) is 10.2. The van der Waals surface area contributed by atoms with Crippen LogP contribution in [0, 0.1) is 11.3 Å². The van der Waals surface area contributed by atoms with Crippen molar-refractivity contribution in [2.75, 3.05) is 32.2 Å². The fourth-order valence-electron chi connectivity index (χ4n) is 5.12. The van der Waals surface area contributed by atoms with Crippen LogP contribution in [0.25, 0.3) is 0 Å². The number of amides is 1. The molecule has 0 radical (unpaired) electrons. The minimum atomic E-state index is -0.611. The maximum absolute atomic E-state index is 13.7. The van der Waals surface area contributed by atoms with Crippen molar-refractivity contribution in [1.29, 1.82) is 5.26 Å². The van der Waals surface area contributed by atoms with Crippen LogP contribution in [0.5, 0.6) is 0 Å². The number of aromatic nitrogens is 2. The molecule has 1 saturated heterocycles. The number of nitrogens with zero attached hydrogens (tertiary/aromatic N) is 5. The molecule has 0 N–H and O–H groups in total. The van der Waals surface area contributed by atoms with E-state index in [9.17, 15) is 9.59 Å². The Labute approximate surface area is 234 Å². The molecule has 1 fully saturated rings. The quantitative estimate of drug-likeness (QED) is 0.334. The molecule has 1 aromatic heterocycles. The highest BCUT2D eigenvalue weighted by Gasteiger charge is 2.37. The summed E-state index contributed by atoms with van der Waals surface area (Å²) in [6, 6.07) is 18.3. The van der Waals surface area contributed by atoms with Gasteiger partial charge >= 0.3 is 5.97 Å². The number of rotatable bonds is 11. The first-order valence-electron chi connectivity index (χ1n) is 13.2. The van der Waals surface area contributed by atoms with Crippen molar-refractivity contribution in [1.82, 2.24) is 19.4 Å². The monoisotopic (exact) mass is 545 g/mol. The summed E-state index contributed by atoms with van der Waals surface area (Å²) in [6.45, 7) is 3.05. The van der Waals surface area contributed by atoms with Crippen LogP contribution >= 0.6 is 11.8 Å². The van der Waals surface area contributed by atoms with Crippen molar-refractivity contribution in [2.24, 2.45) is 0 Å². The molecular formula is C30H35N5O3S. The van der Waals surface area contributed by atoms with Crippen molar-refractivity contribution >= 4 is 23.6 Å². The van der Waals surface area contributed by atoms with Gasteiger partial charge in [-0.05, 0) is 61.1 Å². The van der Waals surface area contributed by atoms with Crippen LogP contribution in [-0.2, 0) is 22.6 Å². The number of likely N-dealkylation sites (tertiary alicyclic amines) is 1. The van der Waals surface area contributed by atoms with Gasteiger partial charge in [0.25, 0.3) is 5.91 Å². The number of methoxy groups -OCH3 is 1. The van der Waals surface area contributed by atoms with Gasteiger partial charge in [-0.1, -0.05) is 30.3 Å². The maximum Gasteiger partial charge on any atom is 0.328 e. The normalized spacial score (nSPS) is 14.9.